The number of rotatable bonds is 7. The molecule has 0 heterocycles. The van der Waals surface area contributed by atoms with E-state index in [0.717, 1.165) is 26.2 Å². The van der Waals surface area contributed by atoms with Crippen molar-refractivity contribution < 1.29 is 0 Å². The van der Waals surface area contributed by atoms with Crippen LogP contribution in [-0.4, -0.2) is 44.7 Å². The number of hydrogen-bond acceptors (Lipinski definition) is 3. The summed E-state index contributed by atoms with van der Waals surface area (Å²) in [5.74, 6) is 0. The van der Waals surface area contributed by atoms with Crippen LogP contribution in [0, 0.1) is 5.41 Å². The molecule has 0 saturated carbocycles. The van der Waals surface area contributed by atoms with E-state index in [4.69, 9.17) is 5.73 Å². The first-order chi connectivity index (χ1) is 6.45. The molecule has 14 heavy (non-hydrogen) atoms. The Morgan fingerprint density at radius 2 is 1.79 bits per heavy atom. The van der Waals surface area contributed by atoms with Crippen molar-refractivity contribution >= 4 is 0 Å². The standard InChI is InChI=1S/C11H27N3/c1-11(2,3)5-9-14(4)10-8-13-7-6-12/h13H,5-10,12H2,1-4H3. The quantitative estimate of drug-likeness (QED) is 0.601. The molecule has 0 fully saturated rings. The molecule has 86 valence electrons. The van der Waals surface area contributed by atoms with Crippen LogP contribution in [-0.2, 0) is 0 Å². The molecule has 3 nitrogen and oxygen atoms in total. The largest absolute Gasteiger partial charge is 0.329 e. The van der Waals surface area contributed by atoms with Gasteiger partial charge in [0.05, 0.1) is 0 Å². The second-order valence-corrected chi connectivity index (χ2v) is 5.15. The lowest BCUT2D eigenvalue weighted by atomic mass is 9.92. The summed E-state index contributed by atoms with van der Waals surface area (Å²) in [6.07, 6.45) is 1.25. The molecule has 0 amide bonds. The third kappa shape index (κ3) is 9.96. The topological polar surface area (TPSA) is 41.3 Å². The summed E-state index contributed by atoms with van der Waals surface area (Å²) in [6, 6.07) is 0. The Hall–Kier alpha value is -0.120. The molecule has 3 heteroatoms. The zero-order valence-electron chi connectivity index (χ0n) is 10.3. The van der Waals surface area contributed by atoms with Crippen molar-refractivity contribution in [1.82, 2.24) is 10.2 Å². The first-order valence-corrected chi connectivity index (χ1v) is 5.55. The first-order valence-electron chi connectivity index (χ1n) is 5.55. The van der Waals surface area contributed by atoms with Gasteiger partial charge in [-0.2, -0.15) is 0 Å². The summed E-state index contributed by atoms with van der Waals surface area (Å²) in [5.41, 5.74) is 5.83. The summed E-state index contributed by atoms with van der Waals surface area (Å²) in [5, 5.41) is 3.30. The smallest absolute Gasteiger partial charge is 0.0104 e. The van der Waals surface area contributed by atoms with E-state index in [-0.39, 0.29) is 0 Å². The molecule has 0 atom stereocenters. The van der Waals surface area contributed by atoms with Gasteiger partial charge in [0.15, 0.2) is 0 Å². The maximum atomic E-state index is 5.39. The fourth-order valence-corrected chi connectivity index (χ4v) is 1.14. The summed E-state index contributed by atoms with van der Waals surface area (Å²) < 4.78 is 0. The normalized spacial score (nSPS) is 12.4. The van der Waals surface area contributed by atoms with E-state index in [1.54, 1.807) is 0 Å². The molecule has 0 rings (SSSR count). The lowest BCUT2D eigenvalue weighted by molar-refractivity contribution is 0.264. The van der Waals surface area contributed by atoms with Gasteiger partial charge in [0.25, 0.3) is 0 Å². The van der Waals surface area contributed by atoms with Crippen LogP contribution in [0.3, 0.4) is 0 Å². The molecule has 0 aromatic rings. The number of nitrogens with one attached hydrogen (secondary N) is 1. The van der Waals surface area contributed by atoms with Crippen LogP contribution in [0.15, 0.2) is 0 Å². The van der Waals surface area contributed by atoms with E-state index in [1.165, 1.54) is 13.0 Å². The highest BCUT2D eigenvalue weighted by molar-refractivity contribution is 4.64. The molecule has 0 aliphatic carbocycles. The summed E-state index contributed by atoms with van der Waals surface area (Å²) in [6.45, 7) is 11.8. The minimum Gasteiger partial charge on any atom is -0.329 e. The van der Waals surface area contributed by atoms with Gasteiger partial charge in [-0.05, 0) is 25.4 Å². The number of hydrogen-bond donors (Lipinski definition) is 2. The lowest BCUT2D eigenvalue weighted by Crippen LogP contribution is -2.33. The maximum absolute atomic E-state index is 5.39. The number of likely N-dealkylation sites (N-methyl/N-ethyl adjacent to an activating group) is 1. The molecule has 0 aromatic carbocycles. The minimum absolute atomic E-state index is 0.443. The van der Waals surface area contributed by atoms with Crippen molar-refractivity contribution in [3.8, 4) is 0 Å². The van der Waals surface area contributed by atoms with Crippen molar-refractivity contribution in [2.24, 2.45) is 11.1 Å². The van der Waals surface area contributed by atoms with E-state index in [1.807, 2.05) is 0 Å². The third-order valence-corrected chi connectivity index (χ3v) is 2.23. The Labute approximate surface area is 89.0 Å². The third-order valence-electron chi connectivity index (χ3n) is 2.23. The van der Waals surface area contributed by atoms with Crippen molar-refractivity contribution in [1.29, 1.82) is 0 Å². The predicted octanol–water partition coefficient (Wildman–Crippen LogP) is 0.903. The molecule has 0 bridgehead atoms. The van der Waals surface area contributed by atoms with E-state index in [9.17, 15) is 0 Å². The molecule has 0 aliphatic rings. The second-order valence-electron chi connectivity index (χ2n) is 5.15. The Morgan fingerprint density at radius 1 is 1.14 bits per heavy atom. The van der Waals surface area contributed by atoms with Crippen LogP contribution >= 0.6 is 0 Å². The van der Waals surface area contributed by atoms with E-state index in [2.05, 4.69) is 38.0 Å². The SMILES string of the molecule is CN(CCNCCN)CCC(C)(C)C. The van der Waals surface area contributed by atoms with Crippen LogP contribution in [0.4, 0.5) is 0 Å². The van der Waals surface area contributed by atoms with Crippen LogP contribution in [0.1, 0.15) is 27.2 Å². The Balaban J connectivity index is 3.32. The van der Waals surface area contributed by atoms with Gasteiger partial charge in [0, 0.05) is 26.2 Å². The van der Waals surface area contributed by atoms with Crippen LogP contribution < -0.4 is 11.1 Å². The average molecular weight is 201 g/mol. The Kier molecular flexibility index (Phi) is 7.15. The van der Waals surface area contributed by atoms with E-state index in [0.29, 0.717) is 5.41 Å². The van der Waals surface area contributed by atoms with Gasteiger partial charge < -0.3 is 16.0 Å². The van der Waals surface area contributed by atoms with E-state index >= 15 is 0 Å². The van der Waals surface area contributed by atoms with Crippen molar-refractivity contribution in [2.45, 2.75) is 27.2 Å². The first kappa shape index (κ1) is 13.9. The fraction of sp³-hybridized carbons (Fsp3) is 1.00. The van der Waals surface area contributed by atoms with Gasteiger partial charge >= 0.3 is 0 Å². The summed E-state index contributed by atoms with van der Waals surface area (Å²) >= 11 is 0. The summed E-state index contributed by atoms with van der Waals surface area (Å²) in [7, 11) is 2.18. The van der Waals surface area contributed by atoms with Gasteiger partial charge in [0.1, 0.15) is 0 Å². The van der Waals surface area contributed by atoms with Gasteiger partial charge in [-0.15, -0.1) is 0 Å². The van der Waals surface area contributed by atoms with Gasteiger partial charge in [0.2, 0.25) is 0 Å². The monoisotopic (exact) mass is 201 g/mol. The second kappa shape index (κ2) is 7.21. The average Bonchev–Trinajstić information content (AvgIpc) is 2.08. The molecule has 0 unspecified atom stereocenters. The molecular weight excluding hydrogens is 174 g/mol. The zero-order valence-corrected chi connectivity index (χ0v) is 10.3. The van der Waals surface area contributed by atoms with Crippen molar-refractivity contribution in [3.63, 3.8) is 0 Å². The van der Waals surface area contributed by atoms with Crippen molar-refractivity contribution in [3.05, 3.63) is 0 Å². The van der Waals surface area contributed by atoms with E-state index < -0.39 is 0 Å². The lowest BCUT2D eigenvalue weighted by Gasteiger charge is -2.23. The Morgan fingerprint density at radius 3 is 2.29 bits per heavy atom. The molecule has 0 aliphatic heterocycles. The molecule has 3 N–H and O–H groups in total. The van der Waals surface area contributed by atoms with Crippen LogP contribution in [0.25, 0.3) is 0 Å². The predicted molar refractivity (Wildman–Crippen MR) is 63.5 cm³/mol. The van der Waals surface area contributed by atoms with Crippen LogP contribution in [0.2, 0.25) is 0 Å². The Bertz CT molecular complexity index is 129. The molecule has 0 saturated heterocycles. The van der Waals surface area contributed by atoms with Gasteiger partial charge in [-0.1, -0.05) is 20.8 Å². The maximum Gasteiger partial charge on any atom is 0.0104 e. The zero-order chi connectivity index (χ0) is 11.0. The minimum atomic E-state index is 0.443. The molecule has 0 aromatic heterocycles. The summed E-state index contributed by atoms with van der Waals surface area (Å²) in [4.78, 5) is 2.37. The van der Waals surface area contributed by atoms with Crippen LogP contribution in [0.5, 0.6) is 0 Å². The number of nitrogens with two attached hydrogens (primary N) is 1. The highest BCUT2D eigenvalue weighted by Crippen LogP contribution is 2.18. The molecule has 0 spiro atoms. The molecular formula is C11H27N3. The highest BCUT2D eigenvalue weighted by Gasteiger charge is 2.10. The van der Waals surface area contributed by atoms with Gasteiger partial charge in [-0.25, -0.2) is 0 Å². The van der Waals surface area contributed by atoms with Gasteiger partial charge in [-0.3, -0.25) is 0 Å². The molecule has 0 radical (unpaired) electrons. The number of nitrogens with zero attached hydrogens (tertiary/aromatic N) is 1. The fourth-order valence-electron chi connectivity index (χ4n) is 1.14. The highest BCUT2D eigenvalue weighted by atomic mass is 15.1. The van der Waals surface area contributed by atoms with Crippen molar-refractivity contribution in [2.75, 3.05) is 39.8 Å².